The lowest BCUT2D eigenvalue weighted by Gasteiger charge is -2.51. The Labute approximate surface area is 187 Å². The zero-order valence-corrected chi connectivity index (χ0v) is 19.2. The van der Waals surface area contributed by atoms with Crippen LogP contribution in [0.2, 0.25) is 0 Å². The lowest BCUT2D eigenvalue weighted by Crippen LogP contribution is -2.41. The van der Waals surface area contributed by atoms with E-state index < -0.39 is 5.79 Å². The number of rotatable bonds is 2. The van der Waals surface area contributed by atoms with E-state index in [1.807, 2.05) is 0 Å². The molecule has 2 nitrogen and oxygen atoms in total. The average molecular weight is 417 g/mol. The van der Waals surface area contributed by atoms with Crippen molar-refractivity contribution in [1.29, 1.82) is 0 Å². The largest absolute Gasteiger partial charge is 0.344 e. The first kappa shape index (κ1) is 20.0. The summed E-state index contributed by atoms with van der Waals surface area (Å²) in [5, 5.41) is 0. The van der Waals surface area contributed by atoms with Gasteiger partial charge in [-0.1, -0.05) is 55.3 Å². The van der Waals surface area contributed by atoms with Crippen LogP contribution in [-0.4, -0.2) is 19.0 Å². The molecule has 1 aliphatic heterocycles. The van der Waals surface area contributed by atoms with Gasteiger partial charge in [-0.3, -0.25) is 0 Å². The van der Waals surface area contributed by atoms with Crippen LogP contribution in [-0.2, 0) is 9.47 Å². The molecule has 0 radical (unpaired) electrons. The summed E-state index contributed by atoms with van der Waals surface area (Å²) in [5.41, 5.74) is 9.42. The van der Waals surface area contributed by atoms with E-state index in [1.54, 1.807) is 11.1 Å². The maximum Gasteiger partial charge on any atom is 0.188 e. The van der Waals surface area contributed by atoms with Crippen LogP contribution in [0.1, 0.15) is 82.3 Å². The van der Waals surface area contributed by atoms with Crippen molar-refractivity contribution in [3.63, 3.8) is 0 Å². The Morgan fingerprint density at radius 3 is 2.55 bits per heavy atom. The first-order valence-electron chi connectivity index (χ1n) is 12.5. The third kappa shape index (κ3) is 3.13. The number of hydrogen-bond donors (Lipinski definition) is 0. The minimum Gasteiger partial charge on any atom is -0.344 e. The molecule has 1 aromatic carbocycles. The Balaban J connectivity index is 1.46. The molecule has 1 saturated heterocycles. The van der Waals surface area contributed by atoms with Gasteiger partial charge in [0.2, 0.25) is 0 Å². The average Bonchev–Trinajstić information content (AvgIpc) is 3.39. The van der Waals surface area contributed by atoms with Crippen molar-refractivity contribution in [2.24, 2.45) is 17.3 Å². The maximum atomic E-state index is 6.07. The monoisotopic (exact) mass is 416 g/mol. The molecule has 31 heavy (non-hydrogen) atoms. The van der Waals surface area contributed by atoms with Gasteiger partial charge >= 0.3 is 0 Å². The summed E-state index contributed by atoms with van der Waals surface area (Å²) in [5.74, 6) is 1.76. The maximum absolute atomic E-state index is 6.07. The molecule has 0 N–H and O–H groups in total. The summed E-state index contributed by atoms with van der Waals surface area (Å²) in [6.07, 6.45) is 12.5. The van der Waals surface area contributed by atoms with Crippen LogP contribution < -0.4 is 0 Å². The van der Waals surface area contributed by atoms with Crippen LogP contribution in [0.5, 0.6) is 0 Å². The molecule has 3 unspecified atom stereocenters. The molecule has 3 fully saturated rings. The van der Waals surface area contributed by atoms with E-state index >= 15 is 0 Å². The van der Waals surface area contributed by atoms with Gasteiger partial charge in [-0.15, -0.1) is 0 Å². The molecule has 5 aliphatic rings. The molecule has 0 aromatic heterocycles. The Hall–Kier alpha value is -1.64. The van der Waals surface area contributed by atoms with Gasteiger partial charge in [0.25, 0.3) is 0 Å². The molecule has 1 aromatic rings. The molecule has 1 spiro atoms. The highest BCUT2D eigenvalue weighted by atomic mass is 16.7. The van der Waals surface area contributed by atoms with Crippen molar-refractivity contribution in [2.45, 2.75) is 76.9 Å². The predicted octanol–water partition coefficient (Wildman–Crippen LogP) is 7.18. The zero-order valence-electron chi connectivity index (χ0n) is 19.2. The van der Waals surface area contributed by atoms with E-state index in [2.05, 4.69) is 50.8 Å². The third-order valence-electron chi connectivity index (χ3n) is 9.25. The quantitative estimate of drug-likeness (QED) is 0.508. The van der Waals surface area contributed by atoms with E-state index in [1.165, 1.54) is 55.2 Å². The van der Waals surface area contributed by atoms with Gasteiger partial charge in [-0.05, 0) is 91.0 Å². The van der Waals surface area contributed by atoms with E-state index in [9.17, 15) is 0 Å². The van der Waals surface area contributed by atoms with Crippen LogP contribution in [0.4, 0.5) is 0 Å². The smallest absolute Gasteiger partial charge is 0.188 e. The summed E-state index contributed by atoms with van der Waals surface area (Å²) < 4.78 is 12.1. The van der Waals surface area contributed by atoms with Gasteiger partial charge in [-0.2, -0.15) is 0 Å². The van der Waals surface area contributed by atoms with E-state index in [0.29, 0.717) is 11.3 Å². The van der Waals surface area contributed by atoms with E-state index in [4.69, 9.17) is 9.47 Å². The molecule has 4 atom stereocenters. The van der Waals surface area contributed by atoms with Crippen molar-refractivity contribution in [1.82, 2.24) is 0 Å². The van der Waals surface area contributed by atoms with E-state index in [0.717, 1.165) is 43.5 Å². The van der Waals surface area contributed by atoms with Crippen LogP contribution in [0.25, 0.3) is 5.57 Å². The minimum atomic E-state index is -0.429. The van der Waals surface area contributed by atoms with Gasteiger partial charge in [0.1, 0.15) is 0 Å². The molecular weight excluding hydrogens is 380 g/mol. The van der Waals surface area contributed by atoms with Gasteiger partial charge in [-0.25, -0.2) is 0 Å². The molecule has 2 heteroatoms. The number of benzene rings is 1. The highest BCUT2D eigenvalue weighted by molar-refractivity contribution is 5.62. The second kappa shape index (κ2) is 7.18. The first-order chi connectivity index (χ1) is 15.0. The zero-order chi connectivity index (χ0) is 21.2. The second-order valence-electron chi connectivity index (χ2n) is 11.1. The highest BCUT2D eigenvalue weighted by Gasteiger charge is 2.53. The van der Waals surface area contributed by atoms with Gasteiger partial charge in [0, 0.05) is 12.3 Å². The van der Waals surface area contributed by atoms with Gasteiger partial charge in [0.15, 0.2) is 5.79 Å². The minimum absolute atomic E-state index is 0.429. The third-order valence-corrected chi connectivity index (χ3v) is 9.25. The van der Waals surface area contributed by atoms with Gasteiger partial charge < -0.3 is 9.47 Å². The number of hydrogen-bond acceptors (Lipinski definition) is 2. The van der Waals surface area contributed by atoms with Crippen LogP contribution >= 0.6 is 0 Å². The molecule has 0 amide bonds. The molecule has 6 rings (SSSR count). The summed E-state index contributed by atoms with van der Waals surface area (Å²) in [7, 11) is 0. The SMILES string of the molecule is C=C(C)c1ccc(C2C[C@]3(C)CCCC3C3CCC4=CC5(CCC4=C23)OCCO5)cc1. The molecule has 4 aliphatic carbocycles. The molecule has 164 valence electrons. The Morgan fingerprint density at radius 1 is 1.03 bits per heavy atom. The normalized spacial score (nSPS) is 36.1. The highest BCUT2D eigenvalue weighted by Crippen LogP contribution is 2.64. The Bertz CT molecular complexity index is 959. The Morgan fingerprint density at radius 2 is 1.81 bits per heavy atom. The summed E-state index contributed by atoms with van der Waals surface area (Å²) in [6.45, 7) is 10.3. The molecule has 1 heterocycles. The van der Waals surface area contributed by atoms with Crippen LogP contribution in [0, 0.1) is 17.3 Å². The molecular formula is C29H36O2. The fraction of sp³-hybridized carbons (Fsp3) is 0.586. The summed E-state index contributed by atoms with van der Waals surface area (Å²) in [4.78, 5) is 0. The van der Waals surface area contributed by atoms with E-state index in [-0.39, 0.29) is 0 Å². The summed E-state index contributed by atoms with van der Waals surface area (Å²) in [6, 6.07) is 9.36. The van der Waals surface area contributed by atoms with Crippen molar-refractivity contribution in [2.75, 3.05) is 13.2 Å². The van der Waals surface area contributed by atoms with Crippen LogP contribution in [0.15, 0.2) is 53.6 Å². The number of fused-ring (bicyclic) bond motifs is 4. The molecule has 0 bridgehead atoms. The number of ether oxygens (including phenoxy) is 2. The van der Waals surface area contributed by atoms with Gasteiger partial charge in [0.05, 0.1) is 13.2 Å². The number of allylic oxidation sites excluding steroid dienone is 4. The van der Waals surface area contributed by atoms with Crippen molar-refractivity contribution in [3.8, 4) is 0 Å². The topological polar surface area (TPSA) is 18.5 Å². The first-order valence-corrected chi connectivity index (χ1v) is 12.5. The standard InChI is InChI=1S/C29H36O2/c1-19(2)20-6-8-21(9-7-20)25-18-28(3)13-4-5-26(28)24-11-10-22-17-29(30-15-16-31-29)14-12-23(22)27(24)25/h6-9,17,24-26H,1,4-5,10-16,18H2,2-3H3/t24?,25?,26?,28-/m0/s1. The summed E-state index contributed by atoms with van der Waals surface area (Å²) >= 11 is 0. The van der Waals surface area contributed by atoms with Crippen molar-refractivity contribution in [3.05, 3.63) is 64.8 Å². The predicted molar refractivity (Wildman–Crippen MR) is 126 cm³/mol. The fourth-order valence-corrected chi connectivity index (χ4v) is 7.79. The fourth-order valence-electron chi connectivity index (χ4n) is 7.79. The molecule has 2 saturated carbocycles. The van der Waals surface area contributed by atoms with Crippen molar-refractivity contribution < 1.29 is 9.47 Å². The lowest BCUT2D eigenvalue weighted by atomic mass is 9.53. The van der Waals surface area contributed by atoms with Crippen LogP contribution in [0.3, 0.4) is 0 Å². The lowest BCUT2D eigenvalue weighted by molar-refractivity contribution is -0.123. The Kier molecular flexibility index (Phi) is 4.64. The second-order valence-corrected chi connectivity index (χ2v) is 11.1. The van der Waals surface area contributed by atoms with Crippen molar-refractivity contribution >= 4 is 5.57 Å².